The van der Waals surface area contributed by atoms with Gasteiger partial charge in [-0.1, -0.05) is 0 Å². The van der Waals surface area contributed by atoms with Crippen molar-refractivity contribution >= 4 is 0 Å². The van der Waals surface area contributed by atoms with E-state index in [0.717, 1.165) is 19.5 Å². The fourth-order valence-electron chi connectivity index (χ4n) is 3.57. The molecule has 12 heavy (non-hydrogen) atoms. The van der Waals surface area contributed by atoms with Gasteiger partial charge in [-0.2, -0.15) is 0 Å². The Labute approximate surface area is 70.5 Å². The first kappa shape index (κ1) is 7.25. The molecule has 3 fully saturated rings. The molecule has 2 bridgehead atoms. The molecular weight excluding hydrogens is 160 g/mol. The number of alkyl halides is 2. The van der Waals surface area contributed by atoms with Gasteiger partial charge in [0.15, 0.2) is 0 Å². The van der Waals surface area contributed by atoms with Crippen LogP contribution in [0.25, 0.3) is 0 Å². The fourth-order valence-corrected chi connectivity index (χ4v) is 3.57. The van der Waals surface area contributed by atoms with E-state index in [0.29, 0.717) is 17.8 Å². The monoisotopic (exact) mass is 173 g/mol. The van der Waals surface area contributed by atoms with Gasteiger partial charge in [0.05, 0.1) is 0 Å². The van der Waals surface area contributed by atoms with E-state index in [2.05, 4.69) is 5.32 Å². The van der Waals surface area contributed by atoms with Crippen LogP contribution in [0.1, 0.15) is 12.8 Å². The van der Waals surface area contributed by atoms with Gasteiger partial charge in [-0.25, -0.2) is 8.78 Å². The molecule has 0 spiro atoms. The van der Waals surface area contributed by atoms with E-state index in [9.17, 15) is 8.78 Å². The molecule has 2 saturated carbocycles. The summed E-state index contributed by atoms with van der Waals surface area (Å²) in [4.78, 5) is 0. The predicted octanol–water partition coefficient (Wildman–Crippen LogP) is 1.50. The fraction of sp³-hybridized carbons (Fsp3) is 1.00. The van der Waals surface area contributed by atoms with Gasteiger partial charge in [-0.3, -0.25) is 0 Å². The summed E-state index contributed by atoms with van der Waals surface area (Å²) in [5.41, 5.74) is 0. The lowest BCUT2D eigenvalue weighted by Gasteiger charge is -2.30. The summed E-state index contributed by atoms with van der Waals surface area (Å²) >= 11 is 0. The highest BCUT2D eigenvalue weighted by atomic mass is 19.3. The standard InChI is InChI=1S/C9H13F2N/c10-9(11)2-5-1-8(9)7-4-12-3-6(5)7/h5-8,12H,1-4H2. The third-order valence-electron chi connectivity index (χ3n) is 4.07. The zero-order valence-corrected chi connectivity index (χ0v) is 6.89. The maximum absolute atomic E-state index is 13.3. The summed E-state index contributed by atoms with van der Waals surface area (Å²) in [7, 11) is 0. The van der Waals surface area contributed by atoms with E-state index in [-0.39, 0.29) is 12.3 Å². The van der Waals surface area contributed by atoms with Gasteiger partial charge in [-0.05, 0) is 37.3 Å². The summed E-state index contributed by atoms with van der Waals surface area (Å²) in [5.74, 6) is -1.43. The predicted molar refractivity (Wildman–Crippen MR) is 41.0 cm³/mol. The Bertz CT molecular complexity index is 217. The Balaban J connectivity index is 1.93. The van der Waals surface area contributed by atoms with Crippen molar-refractivity contribution in [1.29, 1.82) is 0 Å². The lowest BCUT2D eigenvalue weighted by atomic mass is 9.80. The molecule has 1 saturated heterocycles. The first-order chi connectivity index (χ1) is 5.68. The molecule has 2 aliphatic carbocycles. The van der Waals surface area contributed by atoms with Crippen molar-refractivity contribution in [3.63, 3.8) is 0 Å². The molecule has 3 aliphatic rings. The number of halogens is 2. The van der Waals surface area contributed by atoms with Crippen molar-refractivity contribution in [3.05, 3.63) is 0 Å². The van der Waals surface area contributed by atoms with Gasteiger partial charge >= 0.3 is 0 Å². The number of fused-ring (bicyclic) bond motifs is 5. The van der Waals surface area contributed by atoms with E-state index in [4.69, 9.17) is 0 Å². The Hall–Kier alpha value is -0.180. The Morgan fingerprint density at radius 1 is 1.17 bits per heavy atom. The molecule has 1 aliphatic heterocycles. The molecule has 0 aromatic carbocycles. The minimum atomic E-state index is -2.34. The van der Waals surface area contributed by atoms with Gasteiger partial charge in [0.1, 0.15) is 0 Å². The van der Waals surface area contributed by atoms with Crippen molar-refractivity contribution in [3.8, 4) is 0 Å². The highest BCUT2D eigenvalue weighted by molar-refractivity contribution is 5.07. The number of hydrogen-bond donors (Lipinski definition) is 1. The second kappa shape index (κ2) is 2.00. The largest absolute Gasteiger partial charge is 0.316 e. The second-order valence-corrected chi connectivity index (χ2v) is 4.55. The highest BCUT2D eigenvalue weighted by Crippen LogP contribution is 2.60. The number of hydrogen-bond acceptors (Lipinski definition) is 1. The van der Waals surface area contributed by atoms with E-state index < -0.39 is 5.92 Å². The van der Waals surface area contributed by atoms with Crippen LogP contribution >= 0.6 is 0 Å². The number of rotatable bonds is 0. The maximum Gasteiger partial charge on any atom is 0.251 e. The Morgan fingerprint density at radius 2 is 1.92 bits per heavy atom. The minimum Gasteiger partial charge on any atom is -0.316 e. The van der Waals surface area contributed by atoms with Crippen LogP contribution < -0.4 is 5.32 Å². The molecule has 0 aromatic heterocycles. The normalized spacial score (nSPS) is 54.5. The second-order valence-electron chi connectivity index (χ2n) is 4.55. The molecule has 3 heteroatoms. The molecule has 0 aromatic rings. The third-order valence-corrected chi connectivity index (χ3v) is 4.07. The lowest BCUT2D eigenvalue weighted by molar-refractivity contribution is -0.0777. The first-order valence-electron chi connectivity index (χ1n) is 4.77. The summed E-state index contributed by atoms with van der Waals surface area (Å²) in [6.07, 6.45) is 0.963. The topological polar surface area (TPSA) is 12.0 Å². The molecule has 0 amide bonds. The molecule has 1 N–H and O–H groups in total. The van der Waals surface area contributed by atoms with E-state index in [1.54, 1.807) is 0 Å². The molecule has 68 valence electrons. The van der Waals surface area contributed by atoms with Crippen molar-refractivity contribution in [2.75, 3.05) is 13.1 Å². The molecule has 4 unspecified atom stereocenters. The van der Waals surface area contributed by atoms with Crippen molar-refractivity contribution in [2.45, 2.75) is 18.8 Å². The first-order valence-corrected chi connectivity index (χ1v) is 4.77. The van der Waals surface area contributed by atoms with Crippen LogP contribution in [0.15, 0.2) is 0 Å². The Kier molecular flexibility index (Phi) is 1.21. The van der Waals surface area contributed by atoms with Gasteiger partial charge in [-0.15, -0.1) is 0 Å². The molecule has 0 radical (unpaired) electrons. The molecular formula is C9H13F2N. The van der Waals surface area contributed by atoms with Crippen LogP contribution in [-0.2, 0) is 0 Å². The summed E-state index contributed by atoms with van der Waals surface area (Å²) in [5, 5.41) is 3.23. The number of nitrogens with one attached hydrogen (secondary N) is 1. The van der Waals surface area contributed by atoms with Gasteiger partial charge in [0.25, 0.3) is 5.92 Å². The van der Waals surface area contributed by atoms with Gasteiger partial charge in [0.2, 0.25) is 0 Å². The quantitative estimate of drug-likeness (QED) is 0.585. The SMILES string of the molecule is FC1(F)CC2CC1C1CNCC21. The van der Waals surface area contributed by atoms with E-state index in [1.807, 2.05) is 0 Å². The minimum absolute atomic E-state index is 0.167. The van der Waals surface area contributed by atoms with Crippen LogP contribution in [0, 0.1) is 23.7 Å². The van der Waals surface area contributed by atoms with Crippen LogP contribution in [0.4, 0.5) is 8.78 Å². The van der Waals surface area contributed by atoms with Crippen LogP contribution in [-0.4, -0.2) is 19.0 Å². The van der Waals surface area contributed by atoms with Gasteiger partial charge < -0.3 is 5.32 Å². The summed E-state index contributed by atoms with van der Waals surface area (Å²) < 4.78 is 26.5. The third kappa shape index (κ3) is 0.709. The van der Waals surface area contributed by atoms with Crippen LogP contribution in [0.2, 0.25) is 0 Å². The van der Waals surface area contributed by atoms with Crippen LogP contribution in [0.5, 0.6) is 0 Å². The lowest BCUT2D eigenvalue weighted by Crippen LogP contribution is -2.35. The molecule has 1 nitrogen and oxygen atoms in total. The maximum atomic E-state index is 13.3. The van der Waals surface area contributed by atoms with Crippen molar-refractivity contribution in [1.82, 2.24) is 5.32 Å². The Morgan fingerprint density at radius 3 is 2.75 bits per heavy atom. The van der Waals surface area contributed by atoms with Crippen molar-refractivity contribution in [2.24, 2.45) is 23.7 Å². The summed E-state index contributed by atoms with van der Waals surface area (Å²) in [6, 6.07) is 0. The molecule has 1 heterocycles. The van der Waals surface area contributed by atoms with Crippen molar-refractivity contribution < 1.29 is 8.78 Å². The van der Waals surface area contributed by atoms with Crippen LogP contribution in [0.3, 0.4) is 0 Å². The van der Waals surface area contributed by atoms with E-state index >= 15 is 0 Å². The average molecular weight is 173 g/mol. The molecule has 4 atom stereocenters. The van der Waals surface area contributed by atoms with E-state index in [1.165, 1.54) is 0 Å². The average Bonchev–Trinajstić information content (AvgIpc) is 2.53. The molecule has 3 rings (SSSR count). The zero-order valence-electron chi connectivity index (χ0n) is 6.89. The smallest absolute Gasteiger partial charge is 0.251 e. The van der Waals surface area contributed by atoms with Gasteiger partial charge in [0, 0.05) is 12.3 Å². The zero-order chi connectivity index (χ0) is 8.34. The highest BCUT2D eigenvalue weighted by Gasteiger charge is 2.62. The summed E-state index contributed by atoms with van der Waals surface area (Å²) in [6.45, 7) is 1.82.